The number of nitrogens with one attached hydrogen (secondary N) is 4. The van der Waals surface area contributed by atoms with Gasteiger partial charge >= 0.3 is 5.97 Å². The fraction of sp³-hybridized carbons (Fsp3) is 0.529. The second-order valence-electron chi connectivity index (χ2n) is 6.96. The number of carbonyl (C=O) groups excluding carboxylic acids is 4. The predicted octanol–water partition coefficient (Wildman–Crippen LogP) is -3.02. The molecule has 0 saturated carbocycles. The summed E-state index contributed by atoms with van der Waals surface area (Å²) in [5.41, 5.74) is 11.1. The van der Waals surface area contributed by atoms with Crippen LogP contribution in [-0.4, -0.2) is 69.3 Å². The lowest BCUT2D eigenvalue weighted by Crippen LogP contribution is -2.58. The maximum Gasteiger partial charge on any atom is 0.322 e. The molecule has 1 rings (SSSR count). The van der Waals surface area contributed by atoms with Crippen molar-refractivity contribution in [2.75, 3.05) is 6.54 Å². The summed E-state index contributed by atoms with van der Waals surface area (Å²) in [5, 5.41) is 15.9. The number of H-pyrrole nitrogens is 1. The molecule has 0 saturated heterocycles. The zero-order valence-corrected chi connectivity index (χ0v) is 16.7. The van der Waals surface area contributed by atoms with Gasteiger partial charge in [0.15, 0.2) is 0 Å². The van der Waals surface area contributed by atoms with Crippen LogP contribution in [-0.2, 0) is 30.4 Å². The van der Waals surface area contributed by atoms with Gasteiger partial charge in [0.25, 0.3) is 0 Å². The number of hydrogen-bond donors (Lipinski definition) is 7. The molecule has 1 aromatic heterocycles. The molecule has 166 valence electrons. The van der Waals surface area contributed by atoms with E-state index >= 15 is 0 Å². The van der Waals surface area contributed by atoms with Gasteiger partial charge in [-0.3, -0.25) is 24.0 Å². The van der Waals surface area contributed by atoms with Crippen LogP contribution in [0.4, 0.5) is 0 Å². The number of aromatic amines is 1. The Hall–Kier alpha value is -3.48. The monoisotopic (exact) mass is 425 g/mol. The highest BCUT2D eigenvalue weighted by Gasteiger charge is 2.30. The molecular weight excluding hydrogens is 398 g/mol. The van der Waals surface area contributed by atoms with Crippen molar-refractivity contribution in [1.82, 2.24) is 25.9 Å². The largest absolute Gasteiger partial charge is 0.480 e. The minimum atomic E-state index is -1.24. The van der Waals surface area contributed by atoms with E-state index in [1.165, 1.54) is 12.5 Å². The minimum Gasteiger partial charge on any atom is -0.480 e. The summed E-state index contributed by atoms with van der Waals surface area (Å²) in [5.74, 6) is -4.55. The van der Waals surface area contributed by atoms with Crippen molar-refractivity contribution >= 4 is 29.6 Å². The number of amides is 4. The Morgan fingerprint density at radius 1 is 1.13 bits per heavy atom. The molecule has 1 aromatic rings. The molecule has 9 N–H and O–H groups in total. The molecule has 30 heavy (non-hydrogen) atoms. The van der Waals surface area contributed by atoms with Crippen LogP contribution in [0.3, 0.4) is 0 Å². The summed E-state index contributed by atoms with van der Waals surface area (Å²) >= 11 is 0. The molecule has 0 fully saturated rings. The van der Waals surface area contributed by atoms with Crippen LogP contribution in [0, 0.1) is 5.92 Å². The summed E-state index contributed by atoms with van der Waals surface area (Å²) in [6.07, 6.45) is 2.46. The number of aliphatic carboxylic acids is 1. The number of carboxylic acids is 1. The van der Waals surface area contributed by atoms with Crippen molar-refractivity contribution < 1.29 is 29.1 Å². The Balaban J connectivity index is 2.90. The van der Waals surface area contributed by atoms with E-state index in [-0.39, 0.29) is 12.3 Å². The van der Waals surface area contributed by atoms with Crippen LogP contribution in [0.1, 0.15) is 26.0 Å². The Bertz CT molecular complexity index is 765. The van der Waals surface area contributed by atoms with E-state index in [1.54, 1.807) is 13.8 Å². The third-order valence-corrected chi connectivity index (χ3v) is 4.03. The van der Waals surface area contributed by atoms with E-state index in [1.807, 2.05) is 0 Å². The predicted molar refractivity (Wildman–Crippen MR) is 103 cm³/mol. The fourth-order valence-electron chi connectivity index (χ4n) is 2.48. The standard InChI is InChI=1S/C17H27N7O6/c1-8(2)14(24-15(28)10(18)4-12(19)25)17(30)23-11(3-9-5-20-7-22-9)16(29)21-6-13(26)27/h5,7-8,10-11,14H,3-4,6,18H2,1-2H3,(H2,19,25)(H,20,22)(H,21,29)(H,23,30)(H,24,28)(H,26,27). The fourth-order valence-corrected chi connectivity index (χ4v) is 2.48. The van der Waals surface area contributed by atoms with Crippen molar-refractivity contribution in [1.29, 1.82) is 0 Å². The van der Waals surface area contributed by atoms with Gasteiger partial charge in [0.05, 0.1) is 18.8 Å². The lowest BCUT2D eigenvalue weighted by Gasteiger charge is -2.26. The first-order valence-corrected chi connectivity index (χ1v) is 9.12. The van der Waals surface area contributed by atoms with Crippen LogP contribution >= 0.6 is 0 Å². The number of aromatic nitrogens is 2. The van der Waals surface area contributed by atoms with Gasteiger partial charge in [-0.05, 0) is 5.92 Å². The summed E-state index contributed by atoms with van der Waals surface area (Å²) < 4.78 is 0. The zero-order valence-electron chi connectivity index (χ0n) is 16.7. The van der Waals surface area contributed by atoms with Gasteiger partial charge in [-0.25, -0.2) is 4.98 Å². The number of primary amides is 1. The van der Waals surface area contributed by atoms with Gasteiger partial charge in [0.1, 0.15) is 18.6 Å². The topological polar surface area (TPSA) is 222 Å². The SMILES string of the molecule is CC(C)C(NC(=O)C(N)CC(N)=O)C(=O)NC(Cc1cnc[nH]1)C(=O)NCC(=O)O. The van der Waals surface area contributed by atoms with Crippen LogP contribution in [0.2, 0.25) is 0 Å². The minimum absolute atomic E-state index is 0.0111. The summed E-state index contributed by atoms with van der Waals surface area (Å²) in [4.78, 5) is 65.6. The molecule has 4 amide bonds. The smallest absolute Gasteiger partial charge is 0.322 e. The van der Waals surface area contributed by atoms with Crippen LogP contribution < -0.4 is 27.4 Å². The normalized spacial score (nSPS) is 13.7. The average molecular weight is 425 g/mol. The van der Waals surface area contributed by atoms with Crippen molar-refractivity contribution in [3.05, 3.63) is 18.2 Å². The molecule has 3 atom stereocenters. The molecule has 13 nitrogen and oxygen atoms in total. The van der Waals surface area contributed by atoms with Gasteiger partial charge < -0.3 is 37.5 Å². The maximum atomic E-state index is 12.8. The molecule has 0 aromatic carbocycles. The molecule has 13 heteroatoms. The third kappa shape index (κ3) is 8.26. The summed E-state index contributed by atoms with van der Waals surface area (Å²) in [6.45, 7) is 2.71. The number of carboxylic acid groups (broad SMARTS) is 1. The average Bonchev–Trinajstić information content (AvgIpc) is 3.15. The number of hydrogen-bond acceptors (Lipinski definition) is 7. The number of nitrogens with zero attached hydrogens (tertiary/aromatic N) is 1. The third-order valence-electron chi connectivity index (χ3n) is 4.03. The highest BCUT2D eigenvalue weighted by atomic mass is 16.4. The molecule has 1 heterocycles. The molecule has 0 aliphatic heterocycles. The number of carbonyl (C=O) groups is 5. The van der Waals surface area contributed by atoms with Gasteiger partial charge in [-0.2, -0.15) is 0 Å². The van der Waals surface area contributed by atoms with Crippen molar-refractivity contribution in [3.8, 4) is 0 Å². The van der Waals surface area contributed by atoms with E-state index in [9.17, 15) is 24.0 Å². The quantitative estimate of drug-likeness (QED) is 0.182. The van der Waals surface area contributed by atoms with Crippen molar-refractivity contribution in [2.45, 2.75) is 44.8 Å². The first-order valence-electron chi connectivity index (χ1n) is 9.12. The van der Waals surface area contributed by atoms with Crippen LogP contribution in [0.25, 0.3) is 0 Å². The molecule has 0 radical (unpaired) electrons. The van der Waals surface area contributed by atoms with Crippen molar-refractivity contribution in [2.24, 2.45) is 17.4 Å². The first kappa shape index (κ1) is 24.6. The van der Waals surface area contributed by atoms with Gasteiger partial charge in [0, 0.05) is 18.3 Å². The van der Waals surface area contributed by atoms with E-state index < -0.39 is 60.7 Å². The van der Waals surface area contributed by atoms with Gasteiger partial charge in [-0.1, -0.05) is 13.8 Å². The number of nitrogens with two attached hydrogens (primary N) is 2. The molecule has 0 bridgehead atoms. The lowest BCUT2D eigenvalue weighted by atomic mass is 10.0. The molecule has 0 spiro atoms. The zero-order chi connectivity index (χ0) is 22.8. The van der Waals surface area contributed by atoms with Crippen LogP contribution in [0.5, 0.6) is 0 Å². The highest BCUT2D eigenvalue weighted by molar-refractivity contribution is 5.94. The molecule has 3 unspecified atom stereocenters. The van der Waals surface area contributed by atoms with E-state index in [0.717, 1.165) is 0 Å². The number of rotatable bonds is 12. The Labute approximate surface area is 172 Å². The van der Waals surface area contributed by atoms with Gasteiger partial charge in [0.2, 0.25) is 23.6 Å². The number of imidazole rings is 1. The Morgan fingerprint density at radius 3 is 2.30 bits per heavy atom. The Kier molecular flexibility index (Phi) is 9.42. The molecular formula is C17H27N7O6. The summed E-state index contributed by atoms with van der Waals surface area (Å²) in [6, 6.07) is -3.42. The van der Waals surface area contributed by atoms with Gasteiger partial charge in [-0.15, -0.1) is 0 Å². The van der Waals surface area contributed by atoms with E-state index in [2.05, 4.69) is 25.9 Å². The van der Waals surface area contributed by atoms with E-state index in [4.69, 9.17) is 16.6 Å². The summed E-state index contributed by atoms with van der Waals surface area (Å²) in [7, 11) is 0. The second kappa shape index (κ2) is 11.5. The second-order valence-corrected chi connectivity index (χ2v) is 6.96. The molecule has 0 aliphatic rings. The van der Waals surface area contributed by atoms with Crippen LogP contribution in [0.15, 0.2) is 12.5 Å². The van der Waals surface area contributed by atoms with E-state index in [0.29, 0.717) is 5.69 Å². The Morgan fingerprint density at radius 2 is 1.80 bits per heavy atom. The molecule has 0 aliphatic carbocycles. The highest BCUT2D eigenvalue weighted by Crippen LogP contribution is 2.06. The first-order chi connectivity index (χ1) is 14.0. The maximum absolute atomic E-state index is 12.8. The van der Waals surface area contributed by atoms with Crippen molar-refractivity contribution in [3.63, 3.8) is 0 Å². The lowest BCUT2D eigenvalue weighted by molar-refractivity contribution is -0.138.